The number of nitrogens with one attached hydrogen (secondary N) is 1. The molecule has 0 unspecified atom stereocenters. The molecule has 1 N–H and O–H groups in total. The van der Waals surface area contributed by atoms with Gasteiger partial charge in [0.15, 0.2) is 0 Å². The highest BCUT2D eigenvalue weighted by molar-refractivity contribution is 5.85. The van der Waals surface area contributed by atoms with E-state index in [-0.39, 0.29) is 18.5 Å². The minimum absolute atomic E-state index is 0. The van der Waals surface area contributed by atoms with Crippen LogP contribution in [-0.2, 0) is 17.7 Å². The number of carbonyl (C=O) groups is 1. The quantitative estimate of drug-likeness (QED) is 0.797. The third-order valence-electron chi connectivity index (χ3n) is 3.32. The number of methoxy groups -OCH3 is 1. The number of benzene rings is 1. The van der Waals surface area contributed by atoms with Crippen LogP contribution >= 0.6 is 12.4 Å². The molecule has 2 heterocycles. The highest BCUT2D eigenvalue weighted by atomic mass is 35.5. The van der Waals surface area contributed by atoms with Crippen LogP contribution in [0.5, 0.6) is 0 Å². The van der Waals surface area contributed by atoms with Gasteiger partial charge in [0.05, 0.1) is 13.7 Å². The standard InChI is InChI=1S/C13H14N2O2.ClH/c1-17-13(16)15-7-6-10-9-4-2-3-5-11(9)14-12(10)8-15;/h2-5,14H,6-8H2,1H3;1H. The van der Waals surface area contributed by atoms with Gasteiger partial charge in [-0.2, -0.15) is 0 Å². The molecule has 3 rings (SSSR count). The van der Waals surface area contributed by atoms with Crippen LogP contribution in [0.15, 0.2) is 24.3 Å². The number of aromatic amines is 1. The SMILES string of the molecule is COC(=O)N1CCc2c([nH]c3ccccc23)C1.Cl. The third-order valence-corrected chi connectivity index (χ3v) is 3.32. The number of ether oxygens (including phenoxy) is 1. The molecule has 0 aliphatic carbocycles. The Morgan fingerprint density at radius 3 is 2.94 bits per heavy atom. The van der Waals surface area contributed by atoms with Crippen molar-refractivity contribution < 1.29 is 9.53 Å². The van der Waals surface area contributed by atoms with E-state index < -0.39 is 0 Å². The van der Waals surface area contributed by atoms with E-state index in [0.717, 1.165) is 24.2 Å². The van der Waals surface area contributed by atoms with Crippen molar-refractivity contribution in [1.29, 1.82) is 0 Å². The molecule has 0 radical (unpaired) electrons. The van der Waals surface area contributed by atoms with Crippen molar-refractivity contribution in [3.05, 3.63) is 35.5 Å². The number of nitrogens with zero attached hydrogens (tertiary/aromatic N) is 1. The van der Waals surface area contributed by atoms with Gasteiger partial charge in [-0.3, -0.25) is 0 Å². The Morgan fingerprint density at radius 2 is 2.17 bits per heavy atom. The van der Waals surface area contributed by atoms with Crippen LogP contribution in [0.2, 0.25) is 0 Å². The van der Waals surface area contributed by atoms with Gasteiger partial charge in [-0.15, -0.1) is 12.4 Å². The average Bonchev–Trinajstić information content (AvgIpc) is 2.75. The molecule has 2 aromatic rings. The molecule has 1 amide bonds. The summed E-state index contributed by atoms with van der Waals surface area (Å²) >= 11 is 0. The van der Waals surface area contributed by atoms with Crippen LogP contribution in [0.25, 0.3) is 10.9 Å². The molecule has 0 atom stereocenters. The van der Waals surface area contributed by atoms with E-state index in [2.05, 4.69) is 17.1 Å². The molecule has 96 valence electrons. The van der Waals surface area contributed by atoms with Gasteiger partial charge >= 0.3 is 6.09 Å². The maximum atomic E-state index is 11.5. The van der Waals surface area contributed by atoms with Crippen LogP contribution in [0.4, 0.5) is 4.79 Å². The summed E-state index contributed by atoms with van der Waals surface area (Å²) in [4.78, 5) is 16.6. The minimum Gasteiger partial charge on any atom is -0.453 e. The van der Waals surface area contributed by atoms with Crippen molar-refractivity contribution in [2.75, 3.05) is 13.7 Å². The van der Waals surface area contributed by atoms with Crippen molar-refractivity contribution in [2.24, 2.45) is 0 Å². The number of hydrogen-bond donors (Lipinski definition) is 1. The molecule has 5 heteroatoms. The van der Waals surface area contributed by atoms with E-state index in [0.29, 0.717) is 6.54 Å². The predicted octanol–water partition coefficient (Wildman–Crippen LogP) is 2.71. The second-order valence-corrected chi connectivity index (χ2v) is 4.27. The Labute approximate surface area is 111 Å². The minimum atomic E-state index is -0.255. The Balaban J connectivity index is 0.00000120. The number of halogens is 1. The van der Waals surface area contributed by atoms with E-state index in [4.69, 9.17) is 4.74 Å². The van der Waals surface area contributed by atoms with Crippen LogP contribution in [0, 0.1) is 0 Å². The normalized spacial score (nSPS) is 13.9. The zero-order valence-electron chi connectivity index (χ0n) is 10.1. The molecule has 0 spiro atoms. The van der Waals surface area contributed by atoms with E-state index in [1.165, 1.54) is 18.1 Å². The largest absolute Gasteiger partial charge is 0.453 e. The molecule has 18 heavy (non-hydrogen) atoms. The van der Waals surface area contributed by atoms with Gasteiger partial charge in [0.1, 0.15) is 0 Å². The first-order valence-corrected chi connectivity index (χ1v) is 5.71. The molecule has 4 nitrogen and oxygen atoms in total. The van der Waals surface area contributed by atoms with Gasteiger partial charge in [-0.05, 0) is 18.1 Å². The number of hydrogen-bond acceptors (Lipinski definition) is 2. The number of para-hydroxylation sites is 1. The van der Waals surface area contributed by atoms with Crippen molar-refractivity contribution in [1.82, 2.24) is 9.88 Å². The molecule has 0 saturated heterocycles. The highest BCUT2D eigenvalue weighted by Crippen LogP contribution is 2.27. The van der Waals surface area contributed by atoms with Gasteiger partial charge in [-0.25, -0.2) is 4.79 Å². The average molecular weight is 267 g/mol. The van der Waals surface area contributed by atoms with Crippen LogP contribution < -0.4 is 0 Å². The maximum absolute atomic E-state index is 11.5. The lowest BCUT2D eigenvalue weighted by Gasteiger charge is -2.25. The van der Waals surface area contributed by atoms with Crippen molar-refractivity contribution in [2.45, 2.75) is 13.0 Å². The number of H-pyrrole nitrogens is 1. The Bertz CT molecular complexity index is 579. The fourth-order valence-electron chi connectivity index (χ4n) is 2.48. The topological polar surface area (TPSA) is 45.3 Å². The van der Waals surface area contributed by atoms with Crippen LogP contribution in [-0.4, -0.2) is 29.6 Å². The van der Waals surface area contributed by atoms with Crippen molar-refractivity contribution in [3.8, 4) is 0 Å². The molecule has 0 saturated carbocycles. The second-order valence-electron chi connectivity index (χ2n) is 4.27. The Kier molecular flexibility index (Phi) is 3.48. The summed E-state index contributed by atoms with van der Waals surface area (Å²) < 4.78 is 4.75. The van der Waals surface area contributed by atoms with Gasteiger partial charge in [0.25, 0.3) is 0 Å². The molecule has 0 fully saturated rings. The lowest BCUT2D eigenvalue weighted by Crippen LogP contribution is -2.35. The number of amides is 1. The second kappa shape index (κ2) is 4.90. The Morgan fingerprint density at radius 1 is 1.39 bits per heavy atom. The predicted molar refractivity (Wildman–Crippen MR) is 72.1 cm³/mol. The monoisotopic (exact) mass is 266 g/mol. The first kappa shape index (κ1) is 12.8. The highest BCUT2D eigenvalue weighted by Gasteiger charge is 2.23. The fraction of sp³-hybridized carbons (Fsp3) is 0.308. The first-order chi connectivity index (χ1) is 8.29. The zero-order valence-corrected chi connectivity index (χ0v) is 10.9. The summed E-state index contributed by atoms with van der Waals surface area (Å²) in [7, 11) is 1.42. The molecule has 1 aromatic heterocycles. The number of fused-ring (bicyclic) bond motifs is 3. The summed E-state index contributed by atoms with van der Waals surface area (Å²) in [5, 5.41) is 1.27. The van der Waals surface area contributed by atoms with E-state index in [9.17, 15) is 4.79 Å². The molecule has 1 aromatic carbocycles. The smallest absolute Gasteiger partial charge is 0.409 e. The van der Waals surface area contributed by atoms with E-state index >= 15 is 0 Å². The van der Waals surface area contributed by atoms with E-state index in [1.54, 1.807) is 4.90 Å². The lowest BCUT2D eigenvalue weighted by molar-refractivity contribution is 0.118. The molecule has 1 aliphatic heterocycles. The summed E-state index contributed by atoms with van der Waals surface area (Å²) in [6.07, 6.45) is 0.628. The molecular weight excluding hydrogens is 252 g/mol. The number of carbonyl (C=O) groups excluding carboxylic acids is 1. The van der Waals surface area contributed by atoms with E-state index in [1.807, 2.05) is 12.1 Å². The summed E-state index contributed by atoms with van der Waals surface area (Å²) in [5.41, 5.74) is 3.60. The lowest BCUT2D eigenvalue weighted by atomic mass is 10.0. The third kappa shape index (κ3) is 1.93. The van der Waals surface area contributed by atoms with Crippen LogP contribution in [0.1, 0.15) is 11.3 Å². The molecule has 1 aliphatic rings. The summed E-state index contributed by atoms with van der Waals surface area (Å²) in [6, 6.07) is 8.25. The van der Waals surface area contributed by atoms with Gasteiger partial charge in [0, 0.05) is 23.1 Å². The molecular formula is C13H15ClN2O2. The van der Waals surface area contributed by atoms with Crippen molar-refractivity contribution >= 4 is 29.4 Å². The molecule has 0 bridgehead atoms. The summed E-state index contributed by atoms with van der Waals surface area (Å²) in [5.74, 6) is 0. The zero-order chi connectivity index (χ0) is 11.8. The fourth-order valence-corrected chi connectivity index (χ4v) is 2.48. The Hall–Kier alpha value is -1.68. The maximum Gasteiger partial charge on any atom is 0.409 e. The van der Waals surface area contributed by atoms with Crippen LogP contribution in [0.3, 0.4) is 0 Å². The number of aromatic nitrogens is 1. The van der Waals surface area contributed by atoms with Gasteiger partial charge < -0.3 is 14.6 Å². The summed E-state index contributed by atoms with van der Waals surface area (Å²) in [6.45, 7) is 1.33. The van der Waals surface area contributed by atoms with Gasteiger partial charge in [-0.1, -0.05) is 18.2 Å². The van der Waals surface area contributed by atoms with Crippen molar-refractivity contribution in [3.63, 3.8) is 0 Å². The van der Waals surface area contributed by atoms with Gasteiger partial charge in [0.2, 0.25) is 0 Å². The number of rotatable bonds is 0. The first-order valence-electron chi connectivity index (χ1n) is 5.71.